The number of thiocarbonyl (C=S) groups is 1. The van der Waals surface area contributed by atoms with E-state index in [1.54, 1.807) is 12.1 Å². The van der Waals surface area contributed by atoms with Crippen molar-refractivity contribution >= 4 is 28.9 Å². The minimum Gasteiger partial charge on any atom is -0.331 e. The van der Waals surface area contributed by atoms with E-state index in [-0.39, 0.29) is 28.7 Å². The average molecular weight is 343 g/mol. The van der Waals surface area contributed by atoms with Gasteiger partial charge in [0.1, 0.15) is 5.82 Å². The maximum Gasteiger partial charge on any atom is 0.242 e. The molecule has 1 saturated carbocycles. The molecule has 6 heteroatoms. The van der Waals surface area contributed by atoms with Gasteiger partial charge in [-0.05, 0) is 61.3 Å². The van der Waals surface area contributed by atoms with Crippen LogP contribution in [0.5, 0.6) is 0 Å². The van der Waals surface area contributed by atoms with Crippen LogP contribution < -0.4 is 16.2 Å². The van der Waals surface area contributed by atoms with Crippen LogP contribution in [-0.2, 0) is 4.79 Å². The summed E-state index contributed by atoms with van der Waals surface area (Å²) in [6.45, 7) is 2.04. The van der Waals surface area contributed by atoms with E-state index in [9.17, 15) is 9.18 Å². The molecule has 0 spiro atoms. The molecule has 0 unspecified atom stereocenters. The van der Waals surface area contributed by atoms with Gasteiger partial charge in [-0.3, -0.25) is 15.6 Å². The molecule has 1 fully saturated rings. The number of aryl methyl sites for hydroxylation is 1. The van der Waals surface area contributed by atoms with Gasteiger partial charge in [-0.15, -0.1) is 0 Å². The number of benzene rings is 2. The third-order valence-electron chi connectivity index (χ3n) is 4.03. The first-order valence-corrected chi connectivity index (χ1v) is 8.13. The van der Waals surface area contributed by atoms with Gasteiger partial charge in [-0.1, -0.05) is 29.8 Å². The fourth-order valence-electron chi connectivity index (χ4n) is 2.57. The Balaban J connectivity index is 1.45. The summed E-state index contributed by atoms with van der Waals surface area (Å²) in [5.74, 6) is -0.160. The maximum atomic E-state index is 12.8. The van der Waals surface area contributed by atoms with Gasteiger partial charge in [0.15, 0.2) is 5.11 Å². The summed E-state index contributed by atoms with van der Waals surface area (Å²) >= 11 is 5.10. The minimum atomic E-state index is -0.316. The highest BCUT2D eigenvalue weighted by atomic mass is 32.1. The first-order chi connectivity index (χ1) is 11.5. The Morgan fingerprint density at radius 2 is 1.75 bits per heavy atom. The number of amides is 1. The third-order valence-corrected chi connectivity index (χ3v) is 4.24. The largest absolute Gasteiger partial charge is 0.331 e. The Bertz CT molecular complexity index is 746. The highest BCUT2D eigenvalue weighted by molar-refractivity contribution is 7.80. The summed E-state index contributed by atoms with van der Waals surface area (Å²) in [6.07, 6.45) is 0.842. The van der Waals surface area contributed by atoms with E-state index >= 15 is 0 Å². The first kappa shape index (κ1) is 16.4. The Morgan fingerprint density at radius 1 is 1.08 bits per heavy atom. The lowest BCUT2D eigenvalue weighted by molar-refractivity contribution is -0.122. The molecule has 3 rings (SSSR count). The Labute approximate surface area is 145 Å². The quantitative estimate of drug-likeness (QED) is 0.591. The van der Waals surface area contributed by atoms with Crippen molar-refractivity contribution in [2.45, 2.75) is 19.3 Å². The van der Waals surface area contributed by atoms with Crippen molar-refractivity contribution in [3.8, 4) is 0 Å². The van der Waals surface area contributed by atoms with Gasteiger partial charge in [-0.25, -0.2) is 4.39 Å². The van der Waals surface area contributed by atoms with Crippen molar-refractivity contribution in [3.05, 3.63) is 65.5 Å². The number of halogens is 1. The third kappa shape index (κ3) is 4.08. The monoisotopic (exact) mass is 343 g/mol. The van der Waals surface area contributed by atoms with Gasteiger partial charge in [0.2, 0.25) is 5.91 Å². The zero-order valence-corrected chi connectivity index (χ0v) is 14.0. The molecule has 0 aromatic heterocycles. The van der Waals surface area contributed by atoms with Crippen LogP contribution in [0.2, 0.25) is 0 Å². The Kier molecular flexibility index (Phi) is 4.76. The van der Waals surface area contributed by atoms with Gasteiger partial charge in [-0.2, -0.15) is 0 Å². The topological polar surface area (TPSA) is 53.2 Å². The molecule has 24 heavy (non-hydrogen) atoms. The van der Waals surface area contributed by atoms with Crippen LogP contribution in [0.15, 0.2) is 48.5 Å². The van der Waals surface area contributed by atoms with Crippen LogP contribution in [0.1, 0.15) is 23.5 Å². The van der Waals surface area contributed by atoms with Crippen LogP contribution >= 0.6 is 12.2 Å². The highest BCUT2D eigenvalue weighted by Gasteiger charge is 2.43. The van der Waals surface area contributed by atoms with Gasteiger partial charge in [0.05, 0.1) is 0 Å². The summed E-state index contributed by atoms with van der Waals surface area (Å²) < 4.78 is 12.8. The second kappa shape index (κ2) is 6.97. The number of carbonyl (C=O) groups excluding carboxylic acids is 1. The summed E-state index contributed by atoms with van der Waals surface area (Å²) in [5, 5.41) is 3.12. The average Bonchev–Trinajstić information content (AvgIpc) is 3.36. The van der Waals surface area contributed by atoms with Crippen LogP contribution in [-0.4, -0.2) is 11.0 Å². The van der Waals surface area contributed by atoms with E-state index in [0.29, 0.717) is 5.69 Å². The Morgan fingerprint density at radius 3 is 2.42 bits per heavy atom. The number of hydrazine groups is 1. The zero-order chi connectivity index (χ0) is 17.1. The van der Waals surface area contributed by atoms with Gasteiger partial charge < -0.3 is 5.32 Å². The molecule has 1 amide bonds. The predicted molar refractivity (Wildman–Crippen MR) is 95.9 cm³/mol. The summed E-state index contributed by atoms with van der Waals surface area (Å²) in [4.78, 5) is 12.1. The first-order valence-electron chi connectivity index (χ1n) is 7.72. The van der Waals surface area contributed by atoms with Crippen molar-refractivity contribution in [2.75, 3.05) is 5.32 Å². The molecule has 124 valence electrons. The van der Waals surface area contributed by atoms with Crippen molar-refractivity contribution < 1.29 is 9.18 Å². The summed E-state index contributed by atoms with van der Waals surface area (Å²) in [6, 6.07) is 14.1. The lowest BCUT2D eigenvalue weighted by Gasteiger charge is -2.11. The van der Waals surface area contributed by atoms with Crippen molar-refractivity contribution in [2.24, 2.45) is 5.92 Å². The molecule has 2 atom stereocenters. The molecular weight excluding hydrogens is 325 g/mol. The lowest BCUT2D eigenvalue weighted by atomic mass is 10.1. The standard InChI is InChI=1S/C18H18FN3OS/c1-11-2-4-12(5-3-11)15-10-16(15)17(23)21-22-18(24)20-14-8-6-13(19)7-9-14/h2-9,15-16H,10H2,1H3,(H,21,23)(H2,20,22,24)/t15-,16-/m0/s1. The number of anilines is 1. The van der Waals surface area contributed by atoms with Crippen LogP contribution in [0.4, 0.5) is 10.1 Å². The van der Waals surface area contributed by atoms with Crippen LogP contribution in [0.3, 0.4) is 0 Å². The SMILES string of the molecule is Cc1ccc([C@@H]2C[C@@H]2C(=O)NNC(=S)Nc2ccc(F)cc2)cc1. The van der Waals surface area contributed by atoms with E-state index in [1.807, 2.05) is 6.92 Å². The number of carbonyl (C=O) groups is 1. The molecule has 0 heterocycles. The van der Waals surface area contributed by atoms with Gasteiger partial charge in [0.25, 0.3) is 0 Å². The molecule has 0 bridgehead atoms. The second-order valence-corrected chi connectivity index (χ2v) is 6.34. The van der Waals surface area contributed by atoms with E-state index in [2.05, 4.69) is 40.4 Å². The van der Waals surface area contributed by atoms with Crippen molar-refractivity contribution in [1.82, 2.24) is 10.9 Å². The number of nitrogens with one attached hydrogen (secondary N) is 3. The highest BCUT2D eigenvalue weighted by Crippen LogP contribution is 2.47. The molecule has 0 saturated heterocycles. The maximum absolute atomic E-state index is 12.8. The fourth-order valence-corrected chi connectivity index (χ4v) is 2.74. The molecule has 0 aliphatic heterocycles. The fraction of sp³-hybridized carbons (Fsp3) is 0.222. The molecule has 1 aliphatic carbocycles. The van der Waals surface area contributed by atoms with Gasteiger partial charge in [0, 0.05) is 11.6 Å². The lowest BCUT2D eigenvalue weighted by Crippen LogP contribution is -2.44. The van der Waals surface area contributed by atoms with E-state index < -0.39 is 0 Å². The van der Waals surface area contributed by atoms with E-state index in [4.69, 9.17) is 12.2 Å². The zero-order valence-electron chi connectivity index (χ0n) is 13.2. The molecular formula is C18H18FN3OS. The summed E-state index contributed by atoms with van der Waals surface area (Å²) in [5.41, 5.74) is 8.34. The van der Waals surface area contributed by atoms with Gasteiger partial charge >= 0.3 is 0 Å². The second-order valence-electron chi connectivity index (χ2n) is 5.93. The molecule has 4 nitrogen and oxygen atoms in total. The minimum absolute atomic E-state index is 0.0335. The number of rotatable bonds is 3. The molecule has 0 radical (unpaired) electrons. The molecule has 2 aromatic rings. The normalized spacial score (nSPS) is 18.6. The van der Waals surface area contributed by atoms with Crippen LogP contribution in [0.25, 0.3) is 0 Å². The Hall–Kier alpha value is -2.47. The van der Waals surface area contributed by atoms with Crippen molar-refractivity contribution in [1.29, 1.82) is 0 Å². The van der Waals surface area contributed by atoms with Crippen molar-refractivity contribution in [3.63, 3.8) is 0 Å². The number of hydrogen-bond donors (Lipinski definition) is 3. The molecule has 3 N–H and O–H groups in total. The van der Waals surface area contributed by atoms with E-state index in [1.165, 1.54) is 23.3 Å². The molecule has 1 aliphatic rings. The summed E-state index contributed by atoms with van der Waals surface area (Å²) in [7, 11) is 0. The predicted octanol–water partition coefficient (Wildman–Crippen LogP) is 3.26. The molecule has 2 aromatic carbocycles. The van der Waals surface area contributed by atoms with Crippen LogP contribution in [0, 0.1) is 18.7 Å². The van der Waals surface area contributed by atoms with E-state index in [0.717, 1.165) is 6.42 Å². The number of hydrogen-bond acceptors (Lipinski definition) is 2. The smallest absolute Gasteiger partial charge is 0.242 e.